The highest BCUT2D eigenvalue weighted by atomic mass is 32.2. The SMILES string of the molecule is CCO/C=C1/SC(=S)N(c2ccc3c(c2)OCO3)C1=O. The fourth-order valence-corrected chi connectivity index (χ4v) is 3.08. The van der Waals surface area contributed by atoms with E-state index in [0.717, 1.165) is 0 Å². The highest BCUT2D eigenvalue weighted by Crippen LogP contribution is 2.40. The van der Waals surface area contributed by atoms with Gasteiger partial charge in [0.05, 0.1) is 12.3 Å². The fourth-order valence-electron chi connectivity index (χ4n) is 1.86. The molecule has 20 heavy (non-hydrogen) atoms. The molecule has 1 fully saturated rings. The molecule has 1 aromatic carbocycles. The van der Waals surface area contributed by atoms with Gasteiger partial charge in [-0.1, -0.05) is 24.0 Å². The third-order valence-electron chi connectivity index (χ3n) is 2.77. The number of ether oxygens (including phenoxy) is 3. The van der Waals surface area contributed by atoms with Crippen molar-refractivity contribution in [2.24, 2.45) is 0 Å². The first-order valence-corrected chi connectivity index (χ1v) is 7.21. The smallest absolute Gasteiger partial charge is 0.273 e. The lowest BCUT2D eigenvalue weighted by Crippen LogP contribution is -2.27. The first-order valence-electron chi connectivity index (χ1n) is 5.98. The first-order chi connectivity index (χ1) is 9.70. The summed E-state index contributed by atoms with van der Waals surface area (Å²) in [5.41, 5.74) is 0.664. The Morgan fingerprint density at radius 1 is 1.45 bits per heavy atom. The van der Waals surface area contributed by atoms with Crippen molar-refractivity contribution in [3.63, 3.8) is 0 Å². The van der Waals surface area contributed by atoms with Crippen molar-refractivity contribution >= 4 is 39.9 Å². The van der Waals surface area contributed by atoms with Gasteiger partial charge >= 0.3 is 0 Å². The van der Waals surface area contributed by atoms with Crippen LogP contribution in [0.5, 0.6) is 11.5 Å². The third-order valence-corrected chi connectivity index (χ3v) is 4.05. The molecular formula is C13H11NO4S2. The Balaban J connectivity index is 1.90. The Hall–Kier alpha value is -1.73. The van der Waals surface area contributed by atoms with Gasteiger partial charge in [-0.15, -0.1) is 0 Å². The van der Waals surface area contributed by atoms with Crippen molar-refractivity contribution in [1.82, 2.24) is 0 Å². The molecule has 3 rings (SSSR count). The molecule has 7 heteroatoms. The average molecular weight is 309 g/mol. The van der Waals surface area contributed by atoms with E-state index in [-0.39, 0.29) is 12.7 Å². The second-order valence-electron chi connectivity index (χ2n) is 3.98. The summed E-state index contributed by atoms with van der Waals surface area (Å²) in [5, 5.41) is 0. The van der Waals surface area contributed by atoms with Crippen LogP contribution in [0, 0.1) is 0 Å². The van der Waals surface area contributed by atoms with Gasteiger partial charge in [0.1, 0.15) is 11.2 Å². The molecule has 104 valence electrons. The van der Waals surface area contributed by atoms with Crippen molar-refractivity contribution in [2.45, 2.75) is 6.92 Å². The van der Waals surface area contributed by atoms with Gasteiger partial charge in [-0.05, 0) is 19.1 Å². The van der Waals surface area contributed by atoms with Crippen LogP contribution < -0.4 is 14.4 Å². The quantitative estimate of drug-likeness (QED) is 0.486. The van der Waals surface area contributed by atoms with Crippen molar-refractivity contribution in [2.75, 3.05) is 18.3 Å². The number of carbonyl (C=O) groups excluding carboxylic acids is 1. The molecule has 1 aromatic rings. The molecule has 2 aliphatic rings. The highest BCUT2D eigenvalue weighted by Gasteiger charge is 2.34. The maximum atomic E-state index is 12.3. The zero-order valence-electron chi connectivity index (χ0n) is 10.6. The van der Waals surface area contributed by atoms with Crippen LogP contribution in [0.1, 0.15) is 6.92 Å². The van der Waals surface area contributed by atoms with E-state index >= 15 is 0 Å². The maximum absolute atomic E-state index is 12.3. The molecule has 1 saturated heterocycles. The van der Waals surface area contributed by atoms with E-state index in [0.29, 0.717) is 33.0 Å². The molecule has 0 bridgehead atoms. The minimum Gasteiger partial charge on any atom is -0.500 e. The molecule has 2 aliphatic heterocycles. The Kier molecular flexibility index (Phi) is 3.54. The maximum Gasteiger partial charge on any atom is 0.273 e. The minimum absolute atomic E-state index is 0.188. The number of nitrogens with zero attached hydrogens (tertiary/aromatic N) is 1. The summed E-state index contributed by atoms with van der Waals surface area (Å²) < 4.78 is 16.2. The standard InChI is InChI=1S/C13H11NO4S2/c1-2-16-6-11-12(15)14(13(19)20-11)8-3-4-9-10(5-8)18-7-17-9/h3-6H,2,7H2,1H3/b11-6+. The van der Waals surface area contributed by atoms with Gasteiger partial charge in [-0.3, -0.25) is 9.69 Å². The molecule has 0 radical (unpaired) electrons. The molecule has 5 nitrogen and oxygen atoms in total. The first kappa shape index (κ1) is 13.3. The zero-order chi connectivity index (χ0) is 14.1. The number of fused-ring (bicyclic) bond motifs is 1. The molecule has 0 aliphatic carbocycles. The molecule has 0 saturated carbocycles. The molecule has 2 heterocycles. The summed E-state index contributed by atoms with van der Waals surface area (Å²) in [6.45, 7) is 2.56. The van der Waals surface area contributed by atoms with Gasteiger partial charge in [0, 0.05) is 6.07 Å². The number of rotatable bonds is 3. The number of anilines is 1. The lowest BCUT2D eigenvalue weighted by molar-refractivity contribution is -0.113. The Morgan fingerprint density at radius 2 is 2.25 bits per heavy atom. The lowest BCUT2D eigenvalue weighted by atomic mass is 10.2. The number of thioether (sulfide) groups is 1. The molecular weight excluding hydrogens is 298 g/mol. The van der Waals surface area contributed by atoms with E-state index in [1.165, 1.54) is 22.9 Å². The molecule has 0 aromatic heterocycles. The summed E-state index contributed by atoms with van der Waals surface area (Å²) in [7, 11) is 0. The van der Waals surface area contributed by atoms with Gasteiger partial charge in [0.2, 0.25) is 6.79 Å². The number of hydrogen-bond acceptors (Lipinski definition) is 6. The van der Waals surface area contributed by atoms with Gasteiger partial charge in [0.15, 0.2) is 15.8 Å². The van der Waals surface area contributed by atoms with E-state index in [1.807, 2.05) is 6.92 Å². The predicted molar refractivity (Wildman–Crippen MR) is 79.9 cm³/mol. The normalized spacial score (nSPS) is 19.1. The van der Waals surface area contributed by atoms with Crippen LogP contribution in [0.15, 0.2) is 29.4 Å². The predicted octanol–water partition coefficient (Wildman–Crippen LogP) is 2.66. The topological polar surface area (TPSA) is 48.0 Å². The Morgan fingerprint density at radius 3 is 3.05 bits per heavy atom. The summed E-state index contributed by atoms with van der Waals surface area (Å²) in [6.07, 6.45) is 1.45. The number of benzene rings is 1. The van der Waals surface area contributed by atoms with E-state index < -0.39 is 0 Å². The largest absolute Gasteiger partial charge is 0.500 e. The van der Waals surface area contributed by atoms with E-state index in [2.05, 4.69) is 0 Å². The summed E-state index contributed by atoms with van der Waals surface area (Å²) >= 11 is 6.48. The Labute approximate surface area is 125 Å². The van der Waals surface area contributed by atoms with Gasteiger partial charge in [-0.2, -0.15) is 0 Å². The van der Waals surface area contributed by atoms with Crippen LogP contribution in [0.4, 0.5) is 5.69 Å². The second-order valence-corrected chi connectivity index (χ2v) is 5.66. The van der Waals surface area contributed by atoms with Crippen molar-refractivity contribution < 1.29 is 19.0 Å². The van der Waals surface area contributed by atoms with Gasteiger partial charge in [0.25, 0.3) is 5.91 Å². The number of carbonyl (C=O) groups is 1. The average Bonchev–Trinajstić information content (AvgIpc) is 3.00. The lowest BCUT2D eigenvalue weighted by Gasteiger charge is -2.14. The number of amides is 1. The summed E-state index contributed by atoms with van der Waals surface area (Å²) in [6, 6.07) is 5.29. The van der Waals surface area contributed by atoms with Gasteiger partial charge in [-0.25, -0.2) is 0 Å². The van der Waals surface area contributed by atoms with Crippen LogP contribution in [0.25, 0.3) is 0 Å². The number of thiocarbonyl (C=S) groups is 1. The molecule has 0 spiro atoms. The molecule has 1 amide bonds. The van der Waals surface area contributed by atoms with Crippen LogP contribution >= 0.6 is 24.0 Å². The van der Waals surface area contributed by atoms with Crippen molar-refractivity contribution in [1.29, 1.82) is 0 Å². The third kappa shape index (κ3) is 2.23. The van der Waals surface area contributed by atoms with Crippen molar-refractivity contribution in [3.05, 3.63) is 29.4 Å². The minimum atomic E-state index is -0.188. The van der Waals surface area contributed by atoms with Crippen LogP contribution in [-0.4, -0.2) is 23.6 Å². The summed E-state index contributed by atoms with van der Waals surface area (Å²) in [4.78, 5) is 14.3. The molecule has 0 N–H and O–H groups in total. The van der Waals surface area contributed by atoms with E-state index in [9.17, 15) is 4.79 Å². The number of hydrogen-bond donors (Lipinski definition) is 0. The molecule has 0 atom stereocenters. The van der Waals surface area contributed by atoms with Crippen molar-refractivity contribution in [3.8, 4) is 11.5 Å². The highest BCUT2D eigenvalue weighted by molar-refractivity contribution is 8.27. The Bertz CT molecular complexity index is 614. The van der Waals surface area contributed by atoms with Crippen LogP contribution in [-0.2, 0) is 9.53 Å². The van der Waals surface area contributed by atoms with Crippen LogP contribution in [0.3, 0.4) is 0 Å². The second kappa shape index (κ2) is 5.34. The zero-order valence-corrected chi connectivity index (χ0v) is 12.3. The van der Waals surface area contributed by atoms with E-state index in [4.69, 9.17) is 26.4 Å². The van der Waals surface area contributed by atoms with Gasteiger partial charge < -0.3 is 14.2 Å². The van der Waals surface area contributed by atoms with E-state index in [1.54, 1.807) is 18.2 Å². The van der Waals surface area contributed by atoms with Crippen LogP contribution in [0.2, 0.25) is 0 Å². The summed E-state index contributed by atoms with van der Waals surface area (Å²) in [5.74, 6) is 1.10. The fraction of sp³-hybridized carbons (Fsp3) is 0.231. The monoisotopic (exact) mass is 309 g/mol. The molecule has 0 unspecified atom stereocenters.